The third-order valence-corrected chi connectivity index (χ3v) is 7.53. The lowest BCUT2D eigenvalue weighted by molar-refractivity contribution is -0.136. The van der Waals surface area contributed by atoms with Crippen LogP contribution < -0.4 is 0 Å². The van der Waals surface area contributed by atoms with E-state index in [9.17, 15) is 13.2 Å². The summed E-state index contributed by atoms with van der Waals surface area (Å²) in [5.74, 6) is -0.0118. The summed E-state index contributed by atoms with van der Waals surface area (Å²) in [6, 6.07) is 6.09. The quantitative estimate of drug-likeness (QED) is 0.740. The van der Waals surface area contributed by atoms with Gasteiger partial charge in [0.15, 0.2) is 0 Å². The number of carbonyl (C=O) groups is 1. The van der Waals surface area contributed by atoms with E-state index >= 15 is 0 Å². The Balaban J connectivity index is 1.84. The number of amides is 1. The summed E-state index contributed by atoms with van der Waals surface area (Å²) in [7, 11) is -3.66. The van der Waals surface area contributed by atoms with E-state index in [0.717, 1.165) is 56.1 Å². The third kappa shape index (κ3) is 4.26. The normalized spacial score (nSPS) is 23.2. The van der Waals surface area contributed by atoms with Gasteiger partial charge in [-0.1, -0.05) is 35.2 Å². The summed E-state index contributed by atoms with van der Waals surface area (Å²) in [6.07, 6.45) is 6.64. The molecule has 0 aliphatic carbocycles. The minimum Gasteiger partial charge on any atom is -0.341 e. The predicted molar refractivity (Wildman–Crippen MR) is 101 cm³/mol. The second kappa shape index (κ2) is 8.18. The van der Waals surface area contributed by atoms with E-state index in [0.29, 0.717) is 13.0 Å². The van der Waals surface area contributed by atoms with E-state index < -0.39 is 16.1 Å². The zero-order valence-electron chi connectivity index (χ0n) is 14.4. The summed E-state index contributed by atoms with van der Waals surface area (Å²) in [4.78, 5) is 15.2. The molecule has 0 spiro atoms. The van der Waals surface area contributed by atoms with Crippen LogP contribution in [-0.4, -0.2) is 49.2 Å². The molecule has 2 aliphatic rings. The number of carbonyl (C=O) groups excluding carboxylic acids is 1. The summed E-state index contributed by atoms with van der Waals surface area (Å²) in [6.45, 7) is 1.92. The molecule has 3 rings (SSSR count). The molecule has 0 N–H and O–H groups in total. The molecule has 1 aromatic carbocycles. The first-order valence-electron chi connectivity index (χ1n) is 9.06. The van der Waals surface area contributed by atoms with Crippen molar-refractivity contribution in [2.24, 2.45) is 0 Å². The minimum absolute atomic E-state index is 0.0118. The van der Waals surface area contributed by atoms with Crippen LogP contribution in [0.3, 0.4) is 0 Å². The molecule has 0 bridgehead atoms. The first-order chi connectivity index (χ1) is 12.0. The Hall–Kier alpha value is -0.920. The van der Waals surface area contributed by atoms with Crippen molar-refractivity contribution in [2.75, 3.05) is 19.6 Å². The van der Waals surface area contributed by atoms with Gasteiger partial charge in [0.2, 0.25) is 15.9 Å². The summed E-state index contributed by atoms with van der Waals surface area (Å²) < 4.78 is 28.5. The van der Waals surface area contributed by atoms with E-state index in [-0.39, 0.29) is 10.8 Å². The zero-order valence-corrected chi connectivity index (χ0v) is 16.8. The summed E-state index contributed by atoms with van der Waals surface area (Å²) in [5.41, 5.74) is 0. The van der Waals surface area contributed by atoms with Crippen LogP contribution in [0.4, 0.5) is 0 Å². The number of rotatable bonds is 3. The van der Waals surface area contributed by atoms with Crippen molar-refractivity contribution in [2.45, 2.75) is 55.9 Å². The van der Waals surface area contributed by atoms with Crippen molar-refractivity contribution < 1.29 is 13.2 Å². The molecule has 1 unspecified atom stereocenters. The molecule has 25 heavy (non-hydrogen) atoms. The molecule has 0 saturated carbocycles. The van der Waals surface area contributed by atoms with Crippen molar-refractivity contribution in [1.29, 1.82) is 0 Å². The molecule has 1 atom stereocenters. The maximum atomic E-state index is 13.1. The summed E-state index contributed by atoms with van der Waals surface area (Å²) in [5, 5.41) is 0. The van der Waals surface area contributed by atoms with Crippen molar-refractivity contribution in [1.82, 2.24) is 9.21 Å². The number of sulfonamides is 1. The van der Waals surface area contributed by atoms with Crippen molar-refractivity contribution in [3.05, 3.63) is 28.7 Å². The lowest BCUT2D eigenvalue weighted by Gasteiger charge is -2.36. The number of hydrogen-bond donors (Lipinski definition) is 0. The molecule has 0 radical (unpaired) electrons. The Morgan fingerprint density at radius 1 is 0.920 bits per heavy atom. The van der Waals surface area contributed by atoms with Gasteiger partial charge in [-0.2, -0.15) is 4.31 Å². The minimum atomic E-state index is -3.66. The highest BCUT2D eigenvalue weighted by Crippen LogP contribution is 2.28. The number of nitrogens with zero attached hydrogens (tertiary/aromatic N) is 2. The Morgan fingerprint density at radius 2 is 1.52 bits per heavy atom. The fourth-order valence-corrected chi connectivity index (χ4v) is 5.60. The van der Waals surface area contributed by atoms with Crippen LogP contribution in [0, 0.1) is 0 Å². The standard InChI is InChI=1S/C18H25BrN2O3S/c19-15-8-10-16(11-9-15)25(23,24)21-14-6-3-7-17(21)18(22)20-12-4-1-2-5-13-20/h8-11,17H,1-7,12-14H2. The average Bonchev–Trinajstić information content (AvgIpc) is 2.91. The van der Waals surface area contributed by atoms with E-state index in [4.69, 9.17) is 0 Å². The first-order valence-corrected chi connectivity index (χ1v) is 11.3. The van der Waals surface area contributed by atoms with Gasteiger partial charge >= 0.3 is 0 Å². The molecule has 2 heterocycles. The Labute approximate surface area is 158 Å². The van der Waals surface area contributed by atoms with Crippen molar-refractivity contribution in [3.63, 3.8) is 0 Å². The van der Waals surface area contributed by atoms with Crippen LogP contribution in [0.2, 0.25) is 0 Å². The topological polar surface area (TPSA) is 57.7 Å². The number of likely N-dealkylation sites (tertiary alicyclic amines) is 1. The molecule has 1 amide bonds. The van der Waals surface area contributed by atoms with Crippen LogP contribution in [0.5, 0.6) is 0 Å². The van der Waals surface area contributed by atoms with Crippen molar-refractivity contribution >= 4 is 31.9 Å². The third-order valence-electron chi connectivity index (χ3n) is 5.08. The molecular weight excluding hydrogens is 404 g/mol. The van der Waals surface area contributed by atoms with Crippen molar-refractivity contribution in [3.8, 4) is 0 Å². The van der Waals surface area contributed by atoms with Crippen LogP contribution in [-0.2, 0) is 14.8 Å². The fourth-order valence-electron chi connectivity index (χ4n) is 3.68. The Morgan fingerprint density at radius 3 is 2.16 bits per heavy atom. The van der Waals surface area contributed by atoms with Gasteiger partial charge in [-0.15, -0.1) is 0 Å². The van der Waals surface area contributed by atoms with Gasteiger partial charge in [0.25, 0.3) is 0 Å². The Kier molecular flexibility index (Phi) is 6.17. The predicted octanol–water partition coefficient (Wildman–Crippen LogP) is 3.39. The van der Waals surface area contributed by atoms with Gasteiger partial charge in [0, 0.05) is 24.1 Å². The lowest BCUT2D eigenvalue weighted by Crippen LogP contribution is -2.53. The van der Waals surface area contributed by atoms with E-state index in [1.165, 1.54) is 4.31 Å². The largest absolute Gasteiger partial charge is 0.341 e. The maximum absolute atomic E-state index is 13.1. The van der Waals surface area contributed by atoms with Gasteiger partial charge in [-0.25, -0.2) is 8.42 Å². The molecular formula is C18H25BrN2O3S. The molecule has 5 nitrogen and oxygen atoms in total. The molecule has 2 aliphatic heterocycles. The van der Waals surface area contributed by atoms with Gasteiger partial charge in [-0.3, -0.25) is 4.79 Å². The molecule has 0 aromatic heterocycles. The number of hydrogen-bond acceptors (Lipinski definition) is 3. The number of piperidine rings is 1. The number of benzene rings is 1. The highest BCUT2D eigenvalue weighted by molar-refractivity contribution is 9.10. The average molecular weight is 429 g/mol. The van der Waals surface area contributed by atoms with Gasteiger partial charge in [0.05, 0.1) is 4.90 Å². The SMILES string of the molecule is O=C(C1CCCCN1S(=O)(=O)c1ccc(Br)cc1)N1CCCCCC1. The van der Waals surface area contributed by atoms with Gasteiger partial charge < -0.3 is 4.90 Å². The second-order valence-corrected chi connectivity index (χ2v) is 9.63. The maximum Gasteiger partial charge on any atom is 0.243 e. The molecule has 138 valence electrons. The second-order valence-electron chi connectivity index (χ2n) is 6.82. The molecule has 2 fully saturated rings. The van der Waals surface area contributed by atoms with Crippen LogP contribution in [0.25, 0.3) is 0 Å². The Bertz CT molecular complexity index is 698. The fraction of sp³-hybridized carbons (Fsp3) is 0.611. The van der Waals surface area contributed by atoms with Crippen LogP contribution in [0.15, 0.2) is 33.6 Å². The molecule has 2 saturated heterocycles. The molecule has 1 aromatic rings. The van der Waals surface area contributed by atoms with Crippen LogP contribution in [0.1, 0.15) is 44.9 Å². The smallest absolute Gasteiger partial charge is 0.243 e. The summed E-state index contributed by atoms with van der Waals surface area (Å²) >= 11 is 3.33. The van der Waals surface area contributed by atoms with Crippen LogP contribution >= 0.6 is 15.9 Å². The zero-order chi connectivity index (χ0) is 17.9. The van der Waals surface area contributed by atoms with Gasteiger partial charge in [0.1, 0.15) is 6.04 Å². The lowest BCUT2D eigenvalue weighted by atomic mass is 10.0. The van der Waals surface area contributed by atoms with Gasteiger partial charge in [-0.05, 0) is 49.9 Å². The van der Waals surface area contributed by atoms with E-state index in [1.54, 1.807) is 24.3 Å². The highest BCUT2D eigenvalue weighted by atomic mass is 79.9. The van der Waals surface area contributed by atoms with E-state index in [1.807, 2.05) is 4.90 Å². The highest BCUT2D eigenvalue weighted by Gasteiger charge is 2.39. The van der Waals surface area contributed by atoms with E-state index in [2.05, 4.69) is 15.9 Å². The monoisotopic (exact) mass is 428 g/mol. The number of halogens is 1. The first kappa shape index (κ1) is 18.9. The molecule has 7 heteroatoms.